The monoisotopic (exact) mass is 386 g/mol. The van der Waals surface area contributed by atoms with E-state index in [0.29, 0.717) is 23.1 Å². The number of halogens is 1. The summed E-state index contributed by atoms with van der Waals surface area (Å²) in [7, 11) is 1.61. The van der Waals surface area contributed by atoms with Gasteiger partial charge in [-0.3, -0.25) is 14.7 Å². The molecule has 0 atom stereocenters. The van der Waals surface area contributed by atoms with Gasteiger partial charge in [0.05, 0.1) is 29.1 Å². The lowest BCUT2D eigenvalue weighted by Crippen LogP contribution is -2.36. The highest BCUT2D eigenvalue weighted by Crippen LogP contribution is 2.26. The van der Waals surface area contributed by atoms with Crippen LogP contribution in [0.5, 0.6) is 5.75 Å². The zero-order valence-electron chi connectivity index (χ0n) is 15.4. The predicted molar refractivity (Wildman–Crippen MR) is 106 cm³/mol. The van der Waals surface area contributed by atoms with Gasteiger partial charge < -0.3 is 9.72 Å². The molecular weight excluding hydrogens is 364 g/mol. The minimum Gasteiger partial charge on any atom is -0.495 e. The van der Waals surface area contributed by atoms with E-state index in [-0.39, 0.29) is 5.56 Å². The summed E-state index contributed by atoms with van der Waals surface area (Å²) in [5, 5.41) is 0.602. The summed E-state index contributed by atoms with van der Waals surface area (Å²) in [6.45, 7) is 3.01. The number of aromatic amines is 1. The molecule has 0 fully saturated rings. The highest BCUT2D eigenvalue weighted by Gasteiger charge is 2.23. The molecule has 2 aromatic rings. The predicted octanol–water partition coefficient (Wildman–Crippen LogP) is 2.96. The van der Waals surface area contributed by atoms with E-state index >= 15 is 0 Å². The first-order chi connectivity index (χ1) is 13.1. The van der Waals surface area contributed by atoms with Crippen molar-refractivity contribution in [3.8, 4) is 5.75 Å². The summed E-state index contributed by atoms with van der Waals surface area (Å²) in [6.07, 6.45) is 3.89. The van der Waals surface area contributed by atoms with E-state index in [2.05, 4.69) is 14.9 Å². The standard InChI is InChI=1S/C20H23ClN4O2/c1-27-18-6-5-13(10-15(18)21)11-25-9-7-16-14(12-25)20(26)24-19(23-16)17-4-2-3-8-22-17/h5-6,10H,2-4,7-9,11-12H2,1H3,(H,23,24,26). The van der Waals surface area contributed by atoms with E-state index in [1.807, 2.05) is 18.2 Å². The summed E-state index contributed by atoms with van der Waals surface area (Å²) in [5.41, 5.74) is 3.67. The molecule has 0 amide bonds. The van der Waals surface area contributed by atoms with Crippen LogP contribution < -0.4 is 10.3 Å². The number of fused-ring (bicyclic) bond motifs is 1. The molecule has 0 spiro atoms. The summed E-state index contributed by atoms with van der Waals surface area (Å²) in [4.78, 5) is 27.1. The number of nitrogens with zero attached hydrogens (tertiary/aromatic N) is 3. The molecule has 1 N–H and O–H groups in total. The number of hydrogen-bond donors (Lipinski definition) is 1. The summed E-state index contributed by atoms with van der Waals surface area (Å²) in [5.74, 6) is 1.33. The SMILES string of the molecule is COc1ccc(CN2CCc3nc(C4=NCCCC4)[nH]c(=O)c3C2)cc1Cl. The van der Waals surface area contributed by atoms with Crippen LogP contribution in [0.3, 0.4) is 0 Å². The molecule has 1 aromatic carbocycles. The van der Waals surface area contributed by atoms with Crippen molar-refractivity contribution >= 4 is 17.3 Å². The van der Waals surface area contributed by atoms with Gasteiger partial charge in [-0.1, -0.05) is 17.7 Å². The first kappa shape index (κ1) is 18.2. The zero-order valence-corrected chi connectivity index (χ0v) is 16.2. The number of benzene rings is 1. The van der Waals surface area contributed by atoms with Crippen molar-refractivity contribution in [3.05, 3.63) is 56.2 Å². The van der Waals surface area contributed by atoms with E-state index < -0.39 is 0 Å². The lowest BCUT2D eigenvalue weighted by molar-refractivity contribution is 0.241. The molecule has 0 aliphatic carbocycles. The topological polar surface area (TPSA) is 70.6 Å². The van der Waals surface area contributed by atoms with Crippen molar-refractivity contribution in [3.63, 3.8) is 0 Å². The Kier molecular flexibility index (Phi) is 5.27. The van der Waals surface area contributed by atoms with Crippen LogP contribution in [0, 0.1) is 0 Å². The third kappa shape index (κ3) is 3.92. The summed E-state index contributed by atoms with van der Waals surface area (Å²) < 4.78 is 5.20. The molecule has 0 radical (unpaired) electrons. The van der Waals surface area contributed by atoms with Gasteiger partial charge in [0.15, 0.2) is 5.82 Å². The first-order valence-corrected chi connectivity index (χ1v) is 9.72. The fourth-order valence-corrected chi connectivity index (χ4v) is 3.99. The maximum Gasteiger partial charge on any atom is 0.255 e. The number of nitrogens with one attached hydrogen (secondary N) is 1. The van der Waals surface area contributed by atoms with Gasteiger partial charge in [0.2, 0.25) is 0 Å². The van der Waals surface area contributed by atoms with Crippen molar-refractivity contribution < 1.29 is 4.74 Å². The minimum absolute atomic E-state index is 0.0410. The number of methoxy groups -OCH3 is 1. The van der Waals surface area contributed by atoms with Gasteiger partial charge in [0.1, 0.15) is 5.75 Å². The highest BCUT2D eigenvalue weighted by atomic mass is 35.5. The van der Waals surface area contributed by atoms with Crippen molar-refractivity contribution in [1.29, 1.82) is 0 Å². The van der Waals surface area contributed by atoms with Gasteiger partial charge in [-0.15, -0.1) is 0 Å². The average molecular weight is 387 g/mol. The smallest absolute Gasteiger partial charge is 0.255 e. The molecule has 2 aliphatic rings. The third-order valence-corrected chi connectivity index (χ3v) is 5.46. The van der Waals surface area contributed by atoms with E-state index in [1.54, 1.807) is 7.11 Å². The molecule has 6 nitrogen and oxygen atoms in total. The number of H-pyrrole nitrogens is 1. The van der Waals surface area contributed by atoms with Crippen LogP contribution in [0.25, 0.3) is 0 Å². The molecule has 0 saturated heterocycles. The van der Waals surface area contributed by atoms with E-state index in [0.717, 1.165) is 67.9 Å². The van der Waals surface area contributed by atoms with Crippen LogP contribution in [0.4, 0.5) is 0 Å². The van der Waals surface area contributed by atoms with Crippen LogP contribution in [0.1, 0.15) is 41.9 Å². The Hall–Kier alpha value is -2.18. The molecule has 0 unspecified atom stereocenters. The molecule has 2 aliphatic heterocycles. The quantitative estimate of drug-likeness (QED) is 0.876. The molecular formula is C20H23ClN4O2. The highest BCUT2D eigenvalue weighted by molar-refractivity contribution is 6.32. The lowest BCUT2D eigenvalue weighted by Gasteiger charge is -2.28. The normalized spacial score (nSPS) is 17.3. The Morgan fingerprint density at radius 3 is 2.93 bits per heavy atom. The maximum absolute atomic E-state index is 12.6. The zero-order chi connectivity index (χ0) is 18.8. The van der Waals surface area contributed by atoms with E-state index in [4.69, 9.17) is 21.3 Å². The lowest BCUT2D eigenvalue weighted by atomic mass is 10.0. The number of aromatic nitrogens is 2. The molecule has 27 heavy (non-hydrogen) atoms. The second-order valence-corrected chi connectivity index (χ2v) is 7.46. The van der Waals surface area contributed by atoms with Crippen molar-refractivity contribution in [2.24, 2.45) is 4.99 Å². The average Bonchev–Trinajstić information content (AvgIpc) is 2.69. The second kappa shape index (κ2) is 7.82. The molecule has 0 saturated carbocycles. The van der Waals surface area contributed by atoms with E-state index in [9.17, 15) is 4.79 Å². The van der Waals surface area contributed by atoms with Crippen molar-refractivity contribution in [1.82, 2.24) is 14.9 Å². The van der Waals surface area contributed by atoms with Gasteiger partial charge >= 0.3 is 0 Å². The number of aliphatic imine (C=N–C) groups is 1. The van der Waals surface area contributed by atoms with Crippen LogP contribution in [-0.2, 0) is 19.5 Å². The Morgan fingerprint density at radius 1 is 1.30 bits per heavy atom. The second-order valence-electron chi connectivity index (χ2n) is 7.05. The first-order valence-electron chi connectivity index (χ1n) is 9.34. The van der Waals surface area contributed by atoms with Crippen molar-refractivity contribution in [2.75, 3.05) is 20.2 Å². The van der Waals surface area contributed by atoms with Crippen LogP contribution >= 0.6 is 11.6 Å². The maximum atomic E-state index is 12.6. The Balaban J connectivity index is 1.52. The molecule has 0 bridgehead atoms. The fourth-order valence-electron chi connectivity index (χ4n) is 3.71. The molecule has 4 rings (SSSR count). The van der Waals surface area contributed by atoms with Gasteiger partial charge in [-0.25, -0.2) is 4.98 Å². The molecule has 3 heterocycles. The van der Waals surface area contributed by atoms with Gasteiger partial charge in [0, 0.05) is 32.6 Å². The largest absolute Gasteiger partial charge is 0.495 e. The van der Waals surface area contributed by atoms with Gasteiger partial charge in [0.25, 0.3) is 5.56 Å². The Morgan fingerprint density at radius 2 is 2.19 bits per heavy atom. The number of rotatable bonds is 4. The summed E-state index contributed by atoms with van der Waals surface area (Å²) in [6, 6.07) is 5.80. The number of ether oxygens (including phenoxy) is 1. The van der Waals surface area contributed by atoms with Crippen LogP contribution in [0.2, 0.25) is 5.02 Å². The van der Waals surface area contributed by atoms with Gasteiger partial charge in [-0.05, 0) is 37.0 Å². The third-order valence-electron chi connectivity index (χ3n) is 5.17. The molecule has 7 heteroatoms. The number of hydrogen-bond acceptors (Lipinski definition) is 5. The Labute approximate surface area is 163 Å². The molecule has 1 aromatic heterocycles. The van der Waals surface area contributed by atoms with Crippen LogP contribution in [-0.4, -0.2) is 40.8 Å². The molecule has 142 valence electrons. The van der Waals surface area contributed by atoms with Crippen molar-refractivity contribution in [2.45, 2.75) is 38.8 Å². The van der Waals surface area contributed by atoms with Gasteiger partial charge in [-0.2, -0.15) is 0 Å². The van der Waals surface area contributed by atoms with Crippen LogP contribution in [0.15, 0.2) is 28.0 Å². The minimum atomic E-state index is -0.0410. The fraction of sp³-hybridized carbons (Fsp3) is 0.450. The Bertz CT molecular complexity index is 938. The summed E-state index contributed by atoms with van der Waals surface area (Å²) >= 11 is 6.22. The van der Waals surface area contributed by atoms with E-state index in [1.165, 1.54) is 0 Å².